The summed E-state index contributed by atoms with van der Waals surface area (Å²) in [5.41, 5.74) is 7.85. The van der Waals surface area contributed by atoms with Gasteiger partial charge >= 0.3 is 0 Å². The average molecular weight is 296 g/mol. The van der Waals surface area contributed by atoms with Gasteiger partial charge in [0.15, 0.2) is 0 Å². The standard InChI is InChI=1S/C15H12N4OS/c16-12-8-6-11(7-9-12)14-18-19-15(21-14)17-13(20)10-4-2-1-3-5-10/h1-9H,16H2,(H,17,19,20). The molecule has 0 atom stereocenters. The van der Waals surface area contributed by atoms with Gasteiger partial charge in [0.25, 0.3) is 5.91 Å². The SMILES string of the molecule is Nc1ccc(-c2nnc(NC(=O)c3ccccc3)s2)cc1. The number of nitrogens with zero attached hydrogens (tertiary/aromatic N) is 2. The van der Waals surface area contributed by atoms with Crippen molar-refractivity contribution in [2.45, 2.75) is 0 Å². The maximum absolute atomic E-state index is 12.0. The van der Waals surface area contributed by atoms with E-state index in [-0.39, 0.29) is 5.91 Å². The molecule has 1 aromatic heterocycles. The Balaban J connectivity index is 1.76. The molecule has 1 amide bonds. The molecule has 6 heteroatoms. The van der Waals surface area contributed by atoms with E-state index in [9.17, 15) is 4.79 Å². The van der Waals surface area contributed by atoms with Gasteiger partial charge < -0.3 is 5.73 Å². The number of nitrogen functional groups attached to an aromatic ring is 1. The Hall–Kier alpha value is -2.73. The first kappa shape index (κ1) is 13.3. The fourth-order valence-corrected chi connectivity index (χ4v) is 2.52. The molecular formula is C15H12N4OS. The number of aromatic nitrogens is 2. The Morgan fingerprint density at radius 3 is 2.43 bits per heavy atom. The van der Waals surface area contributed by atoms with Crippen LogP contribution in [0.4, 0.5) is 10.8 Å². The van der Waals surface area contributed by atoms with Gasteiger partial charge in [-0.05, 0) is 36.4 Å². The van der Waals surface area contributed by atoms with Crippen molar-refractivity contribution in [3.05, 3.63) is 60.2 Å². The van der Waals surface area contributed by atoms with Crippen molar-refractivity contribution in [2.24, 2.45) is 0 Å². The van der Waals surface area contributed by atoms with E-state index in [1.54, 1.807) is 24.3 Å². The van der Waals surface area contributed by atoms with Crippen molar-refractivity contribution in [1.82, 2.24) is 10.2 Å². The number of carbonyl (C=O) groups excluding carboxylic acids is 1. The minimum absolute atomic E-state index is 0.199. The van der Waals surface area contributed by atoms with Gasteiger partial charge in [0.05, 0.1) is 0 Å². The molecule has 0 fully saturated rings. The van der Waals surface area contributed by atoms with Crippen molar-refractivity contribution in [1.29, 1.82) is 0 Å². The van der Waals surface area contributed by atoms with Crippen LogP contribution in [0.15, 0.2) is 54.6 Å². The lowest BCUT2D eigenvalue weighted by Crippen LogP contribution is -2.11. The van der Waals surface area contributed by atoms with Crippen LogP contribution in [-0.2, 0) is 0 Å². The molecule has 2 aromatic carbocycles. The monoisotopic (exact) mass is 296 g/mol. The van der Waals surface area contributed by atoms with Crippen LogP contribution in [0.3, 0.4) is 0 Å². The molecule has 0 saturated carbocycles. The van der Waals surface area contributed by atoms with Crippen LogP contribution in [0.25, 0.3) is 10.6 Å². The molecule has 3 rings (SSSR count). The molecule has 0 bridgehead atoms. The summed E-state index contributed by atoms with van der Waals surface area (Å²) in [7, 11) is 0. The molecule has 0 spiro atoms. The first-order chi connectivity index (χ1) is 10.2. The maximum Gasteiger partial charge on any atom is 0.257 e. The molecule has 0 unspecified atom stereocenters. The minimum Gasteiger partial charge on any atom is -0.399 e. The lowest BCUT2D eigenvalue weighted by Gasteiger charge is -1.99. The Bertz CT molecular complexity index is 753. The third kappa shape index (κ3) is 3.06. The van der Waals surface area contributed by atoms with Gasteiger partial charge in [0.2, 0.25) is 5.13 Å². The second-order valence-electron chi connectivity index (χ2n) is 4.35. The van der Waals surface area contributed by atoms with Gasteiger partial charge in [-0.1, -0.05) is 29.5 Å². The Morgan fingerprint density at radius 2 is 1.71 bits per heavy atom. The summed E-state index contributed by atoms with van der Waals surface area (Å²) in [5.74, 6) is -0.199. The molecule has 21 heavy (non-hydrogen) atoms. The Kier molecular flexibility index (Phi) is 3.61. The van der Waals surface area contributed by atoms with Crippen LogP contribution < -0.4 is 11.1 Å². The van der Waals surface area contributed by atoms with E-state index in [1.165, 1.54) is 11.3 Å². The Labute approximate surface area is 125 Å². The van der Waals surface area contributed by atoms with Crippen molar-refractivity contribution in [2.75, 3.05) is 11.1 Å². The molecule has 1 heterocycles. The second-order valence-corrected chi connectivity index (χ2v) is 5.33. The van der Waals surface area contributed by atoms with E-state index in [0.29, 0.717) is 16.4 Å². The third-order valence-electron chi connectivity index (χ3n) is 2.84. The summed E-state index contributed by atoms with van der Waals surface area (Å²) in [4.78, 5) is 12.0. The molecule has 3 N–H and O–H groups in total. The van der Waals surface area contributed by atoms with Gasteiger partial charge in [0, 0.05) is 16.8 Å². The summed E-state index contributed by atoms with van der Waals surface area (Å²) in [5, 5.41) is 12.0. The summed E-state index contributed by atoms with van der Waals surface area (Å²) in [6.07, 6.45) is 0. The van der Waals surface area contributed by atoms with Gasteiger partial charge in [0.1, 0.15) is 5.01 Å². The molecule has 0 aliphatic heterocycles. The van der Waals surface area contributed by atoms with Crippen LogP contribution in [0.1, 0.15) is 10.4 Å². The highest BCUT2D eigenvalue weighted by Crippen LogP contribution is 2.27. The zero-order valence-corrected chi connectivity index (χ0v) is 11.8. The summed E-state index contributed by atoms with van der Waals surface area (Å²) < 4.78 is 0. The van der Waals surface area contributed by atoms with Crippen LogP contribution in [0, 0.1) is 0 Å². The number of benzene rings is 2. The molecule has 3 aromatic rings. The van der Waals surface area contributed by atoms with E-state index in [2.05, 4.69) is 15.5 Å². The molecule has 0 saturated heterocycles. The fraction of sp³-hybridized carbons (Fsp3) is 0. The van der Waals surface area contributed by atoms with Gasteiger partial charge in [-0.3, -0.25) is 10.1 Å². The minimum atomic E-state index is -0.199. The number of nitrogens with two attached hydrogens (primary N) is 1. The number of hydrogen-bond donors (Lipinski definition) is 2. The van der Waals surface area contributed by atoms with E-state index in [0.717, 1.165) is 10.6 Å². The van der Waals surface area contributed by atoms with Crippen LogP contribution >= 0.6 is 11.3 Å². The lowest BCUT2D eigenvalue weighted by atomic mass is 10.2. The number of amides is 1. The first-order valence-electron chi connectivity index (χ1n) is 6.28. The number of rotatable bonds is 3. The molecule has 5 nitrogen and oxygen atoms in total. The summed E-state index contributed by atoms with van der Waals surface area (Å²) in [6.45, 7) is 0. The Morgan fingerprint density at radius 1 is 1.00 bits per heavy atom. The third-order valence-corrected chi connectivity index (χ3v) is 3.73. The smallest absolute Gasteiger partial charge is 0.257 e. The highest BCUT2D eigenvalue weighted by atomic mass is 32.1. The highest BCUT2D eigenvalue weighted by molar-refractivity contribution is 7.18. The predicted octanol–water partition coefficient (Wildman–Crippen LogP) is 3.04. The molecule has 0 aliphatic carbocycles. The molecule has 104 valence electrons. The first-order valence-corrected chi connectivity index (χ1v) is 7.10. The van der Waals surface area contributed by atoms with E-state index >= 15 is 0 Å². The predicted molar refractivity (Wildman–Crippen MR) is 84.2 cm³/mol. The largest absolute Gasteiger partial charge is 0.399 e. The fourth-order valence-electron chi connectivity index (χ4n) is 1.77. The van der Waals surface area contributed by atoms with E-state index in [4.69, 9.17) is 5.73 Å². The number of carbonyl (C=O) groups is 1. The van der Waals surface area contributed by atoms with Crippen LogP contribution in [-0.4, -0.2) is 16.1 Å². The lowest BCUT2D eigenvalue weighted by molar-refractivity contribution is 0.102. The topological polar surface area (TPSA) is 80.9 Å². The van der Waals surface area contributed by atoms with E-state index < -0.39 is 0 Å². The molecular weight excluding hydrogens is 284 g/mol. The van der Waals surface area contributed by atoms with Crippen LogP contribution in [0.5, 0.6) is 0 Å². The van der Waals surface area contributed by atoms with Crippen molar-refractivity contribution in [3.63, 3.8) is 0 Å². The summed E-state index contributed by atoms with van der Waals surface area (Å²) in [6, 6.07) is 16.3. The molecule has 0 radical (unpaired) electrons. The van der Waals surface area contributed by atoms with Crippen molar-refractivity contribution < 1.29 is 4.79 Å². The maximum atomic E-state index is 12.0. The zero-order chi connectivity index (χ0) is 14.7. The van der Waals surface area contributed by atoms with Crippen molar-refractivity contribution in [3.8, 4) is 10.6 Å². The van der Waals surface area contributed by atoms with Gasteiger partial charge in [-0.2, -0.15) is 0 Å². The van der Waals surface area contributed by atoms with Gasteiger partial charge in [-0.15, -0.1) is 10.2 Å². The normalized spacial score (nSPS) is 10.3. The second kappa shape index (κ2) is 5.72. The average Bonchev–Trinajstić information content (AvgIpc) is 2.97. The van der Waals surface area contributed by atoms with Crippen LogP contribution in [0.2, 0.25) is 0 Å². The number of hydrogen-bond acceptors (Lipinski definition) is 5. The van der Waals surface area contributed by atoms with Gasteiger partial charge in [-0.25, -0.2) is 0 Å². The number of anilines is 2. The quantitative estimate of drug-likeness (QED) is 0.728. The summed E-state index contributed by atoms with van der Waals surface area (Å²) >= 11 is 1.32. The highest BCUT2D eigenvalue weighted by Gasteiger charge is 2.10. The zero-order valence-electron chi connectivity index (χ0n) is 11.0. The molecule has 0 aliphatic rings. The van der Waals surface area contributed by atoms with Crippen molar-refractivity contribution >= 4 is 28.1 Å². The van der Waals surface area contributed by atoms with E-state index in [1.807, 2.05) is 30.3 Å². The number of nitrogens with one attached hydrogen (secondary N) is 1.